The first-order valence-electron chi connectivity index (χ1n) is 8.41. The number of rotatable bonds is 5. The molecule has 1 aromatic carbocycles. The Kier molecular flexibility index (Phi) is 5.98. The van der Waals surface area contributed by atoms with E-state index in [0.29, 0.717) is 26.4 Å². The second-order valence-corrected chi connectivity index (χ2v) is 5.93. The lowest BCUT2D eigenvalue weighted by molar-refractivity contribution is -0.0856. The average Bonchev–Trinajstić information content (AvgIpc) is 2.69. The van der Waals surface area contributed by atoms with Crippen LogP contribution in [-0.4, -0.2) is 55.4 Å². The molecule has 6 heteroatoms. The molecule has 1 saturated heterocycles. The molecule has 0 radical (unpaired) electrons. The van der Waals surface area contributed by atoms with Crippen molar-refractivity contribution in [3.63, 3.8) is 0 Å². The van der Waals surface area contributed by atoms with E-state index in [2.05, 4.69) is 10.3 Å². The Hall–Kier alpha value is -2.44. The standard InChI is InChI=1S/C19H23N3O3/c1-22(19(23)21-13-16-14-24-11-12-25-16)18(15-7-3-2-4-8-15)17-9-5-6-10-20-17/h2-10,16,18H,11-14H2,1H3,(H,21,23)/t16-,18-/m0/s1. The van der Waals surface area contributed by atoms with E-state index in [0.717, 1.165) is 11.3 Å². The van der Waals surface area contributed by atoms with Gasteiger partial charge in [-0.05, 0) is 17.7 Å². The smallest absolute Gasteiger partial charge is 0.318 e. The molecule has 0 saturated carbocycles. The SMILES string of the molecule is CN(C(=O)NC[C@H]1COCCO1)[C@@H](c1ccccc1)c1ccccn1. The first kappa shape index (κ1) is 17.4. The van der Waals surface area contributed by atoms with Crippen LogP contribution in [0.2, 0.25) is 0 Å². The molecule has 0 spiro atoms. The van der Waals surface area contributed by atoms with E-state index < -0.39 is 0 Å². The third kappa shape index (κ3) is 4.55. The highest BCUT2D eigenvalue weighted by molar-refractivity contribution is 5.75. The van der Waals surface area contributed by atoms with Crippen molar-refractivity contribution >= 4 is 6.03 Å². The number of aromatic nitrogens is 1. The van der Waals surface area contributed by atoms with Gasteiger partial charge in [0, 0.05) is 19.8 Å². The van der Waals surface area contributed by atoms with Crippen molar-refractivity contribution in [2.45, 2.75) is 12.1 Å². The van der Waals surface area contributed by atoms with Gasteiger partial charge in [-0.25, -0.2) is 4.79 Å². The molecule has 0 bridgehead atoms. The molecule has 1 fully saturated rings. The van der Waals surface area contributed by atoms with Gasteiger partial charge in [-0.2, -0.15) is 0 Å². The Labute approximate surface area is 147 Å². The third-order valence-electron chi connectivity index (χ3n) is 4.16. The van der Waals surface area contributed by atoms with Crippen molar-refractivity contribution in [1.82, 2.24) is 15.2 Å². The minimum atomic E-state index is -0.258. The van der Waals surface area contributed by atoms with Crippen LogP contribution >= 0.6 is 0 Å². The molecule has 6 nitrogen and oxygen atoms in total. The zero-order chi connectivity index (χ0) is 17.5. The van der Waals surface area contributed by atoms with E-state index >= 15 is 0 Å². The van der Waals surface area contributed by atoms with E-state index in [4.69, 9.17) is 9.47 Å². The maximum atomic E-state index is 12.7. The molecule has 0 unspecified atom stereocenters. The van der Waals surface area contributed by atoms with Crippen molar-refractivity contribution in [2.75, 3.05) is 33.4 Å². The fourth-order valence-electron chi connectivity index (χ4n) is 2.86. The van der Waals surface area contributed by atoms with Gasteiger partial charge >= 0.3 is 6.03 Å². The predicted octanol–water partition coefficient (Wildman–Crippen LogP) is 2.23. The second-order valence-electron chi connectivity index (χ2n) is 5.93. The number of hydrogen-bond donors (Lipinski definition) is 1. The van der Waals surface area contributed by atoms with Crippen LogP contribution in [0.15, 0.2) is 54.7 Å². The summed E-state index contributed by atoms with van der Waals surface area (Å²) >= 11 is 0. The number of urea groups is 1. The van der Waals surface area contributed by atoms with Crippen LogP contribution < -0.4 is 5.32 Å². The van der Waals surface area contributed by atoms with E-state index in [1.165, 1.54) is 0 Å². The third-order valence-corrected chi connectivity index (χ3v) is 4.16. The summed E-state index contributed by atoms with van der Waals surface area (Å²) in [5.74, 6) is 0. The Morgan fingerprint density at radius 3 is 2.72 bits per heavy atom. The number of carbonyl (C=O) groups excluding carboxylic acids is 1. The summed E-state index contributed by atoms with van der Waals surface area (Å²) in [7, 11) is 1.78. The fraction of sp³-hybridized carbons (Fsp3) is 0.368. The Bertz CT molecular complexity index is 621. The van der Waals surface area contributed by atoms with Crippen LogP contribution in [-0.2, 0) is 9.47 Å². The van der Waals surface area contributed by atoms with E-state index in [9.17, 15) is 4.79 Å². The minimum Gasteiger partial charge on any atom is -0.376 e. The number of benzene rings is 1. The maximum Gasteiger partial charge on any atom is 0.318 e. The van der Waals surface area contributed by atoms with Gasteiger partial charge in [0.05, 0.1) is 31.6 Å². The molecule has 0 aliphatic carbocycles. The number of pyridine rings is 1. The number of carbonyl (C=O) groups is 1. The molecule has 2 aromatic rings. The predicted molar refractivity (Wildman–Crippen MR) is 94.2 cm³/mol. The lowest BCUT2D eigenvalue weighted by Gasteiger charge is -2.30. The number of nitrogens with one attached hydrogen (secondary N) is 1. The summed E-state index contributed by atoms with van der Waals surface area (Å²) in [6.07, 6.45) is 1.64. The van der Waals surface area contributed by atoms with Crippen molar-refractivity contribution < 1.29 is 14.3 Å². The first-order valence-corrected chi connectivity index (χ1v) is 8.41. The largest absolute Gasteiger partial charge is 0.376 e. The lowest BCUT2D eigenvalue weighted by Crippen LogP contribution is -2.45. The van der Waals surface area contributed by atoms with Crippen LogP contribution in [0.1, 0.15) is 17.3 Å². The Morgan fingerprint density at radius 1 is 1.24 bits per heavy atom. The van der Waals surface area contributed by atoms with Crippen molar-refractivity contribution in [3.8, 4) is 0 Å². The normalized spacial score (nSPS) is 18.4. The van der Waals surface area contributed by atoms with Gasteiger partial charge < -0.3 is 19.7 Å². The highest BCUT2D eigenvalue weighted by Crippen LogP contribution is 2.25. The summed E-state index contributed by atoms with van der Waals surface area (Å²) in [6.45, 7) is 2.11. The molecule has 2 heterocycles. The van der Waals surface area contributed by atoms with Crippen LogP contribution in [0.4, 0.5) is 4.79 Å². The number of amides is 2. The van der Waals surface area contributed by atoms with Gasteiger partial charge in [-0.15, -0.1) is 0 Å². The minimum absolute atomic E-state index is 0.101. The average molecular weight is 341 g/mol. The van der Waals surface area contributed by atoms with Gasteiger partial charge in [0.1, 0.15) is 6.04 Å². The molecule has 1 aromatic heterocycles. The Balaban J connectivity index is 1.72. The van der Waals surface area contributed by atoms with Gasteiger partial charge in [0.15, 0.2) is 0 Å². The molecule has 3 rings (SSSR count). The number of nitrogens with zero attached hydrogens (tertiary/aromatic N) is 2. The summed E-state index contributed by atoms with van der Waals surface area (Å²) in [6, 6.07) is 15.2. The van der Waals surface area contributed by atoms with Crippen LogP contribution in [0.25, 0.3) is 0 Å². The van der Waals surface area contributed by atoms with Crippen molar-refractivity contribution in [1.29, 1.82) is 0 Å². The molecule has 1 N–H and O–H groups in total. The zero-order valence-corrected chi connectivity index (χ0v) is 14.3. The van der Waals surface area contributed by atoms with Gasteiger partial charge in [-0.3, -0.25) is 4.98 Å². The number of ether oxygens (including phenoxy) is 2. The maximum absolute atomic E-state index is 12.7. The molecule has 1 aliphatic rings. The molecule has 132 valence electrons. The highest BCUT2D eigenvalue weighted by Gasteiger charge is 2.25. The van der Waals surface area contributed by atoms with Crippen LogP contribution in [0.5, 0.6) is 0 Å². The molecule has 1 aliphatic heterocycles. The summed E-state index contributed by atoms with van der Waals surface area (Å²) in [4.78, 5) is 18.8. The second kappa shape index (κ2) is 8.60. The van der Waals surface area contributed by atoms with Gasteiger partial charge in [0.25, 0.3) is 0 Å². The van der Waals surface area contributed by atoms with Gasteiger partial charge in [-0.1, -0.05) is 36.4 Å². The van der Waals surface area contributed by atoms with Crippen molar-refractivity contribution in [2.24, 2.45) is 0 Å². The summed E-state index contributed by atoms with van der Waals surface area (Å²) < 4.78 is 10.9. The van der Waals surface area contributed by atoms with E-state index in [1.54, 1.807) is 18.1 Å². The monoisotopic (exact) mass is 341 g/mol. The fourth-order valence-corrected chi connectivity index (χ4v) is 2.86. The van der Waals surface area contributed by atoms with Crippen LogP contribution in [0.3, 0.4) is 0 Å². The highest BCUT2D eigenvalue weighted by atomic mass is 16.6. The summed E-state index contributed by atoms with van der Waals surface area (Å²) in [5, 5.41) is 2.93. The molecular formula is C19H23N3O3. The zero-order valence-electron chi connectivity index (χ0n) is 14.3. The lowest BCUT2D eigenvalue weighted by atomic mass is 10.0. The van der Waals surface area contributed by atoms with Crippen molar-refractivity contribution in [3.05, 3.63) is 66.0 Å². The molecular weight excluding hydrogens is 318 g/mol. The number of hydrogen-bond acceptors (Lipinski definition) is 4. The summed E-state index contributed by atoms with van der Waals surface area (Å²) in [5.41, 5.74) is 1.83. The first-order chi connectivity index (χ1) is 12.3. The van der Waals surface area contributed by atoms with Gasteiger partial charge in [0.2, 0.25) is 0 Å². The molecule has 2 amide bonds. The van der Waals surface area contributed by atoms with E-state index in [-0.39, 0.29) is 18.2 Å². The molecule has 2 atom stereocenters. The topological polar surface area (TPSA) is 63.7 Å². The molecule has 25 heavy (non-hydrogen) atoms. The van der Waals surface area contributed by atoms with E-state index in [1.807, 2.05) is 48.5 Å². The van der Waals surface area contributed by atoms with Crippen LogP contribution in [0, 0.1) is 0 Å². The quantitative estimate of drug-likeness (QED) is 0.906. The Morgan fingerprint density at radius 2 is 2.04 bits per heavy atom.